The van der Waals surface area contributed by atoms with E-state index in [-0.39, 0.29) is 30.2 Å². The van der Waals surface area contributed by atoms with Crippen molar-refractivity contribution in [3.63, 3.8) is 0 Å². The van der Waals surface area contributed by atoms with Gasteiger partial charge < -0.3 is 5.32 Å². The Kier molecular flexibility index (Phi) is 6.17. The molecule has 0 aliphatic rings. The number of hydrogen-bond donors (Lipinski definition) is 1. The number of aromatic nitrogens is 4. The van der Waals surface area contributed by atoms with Crippen LogP contribution in [0.3, 0.4) is 0 Å². The second-order valence-electron chi connectivity index (χ2n) is 8.11. The van der Waals surface area contributed by atoms with E-state index in [9.17, 15) is 14.4 Å². The summed E-state index contributed by atoms with van der Waals surface area (Å²) >= 11 is 0. The molecule has 1 N–H and O–H groups in total. The van der Waals surface area contributed by atoms with E-state index in [0.717, 1.165) is 26.8 Å². The third-order valence-electron chi connectivity index (χ3n) is 5.55. The molecule has 33 heavy (non-hydrogen) atoms. The van der Waals surface area contributed by atoms with E-state index in [1.54, 1.807) is 0 Å². The summed E-state index contributed by atoms with van der Waals surface area (Å²) in [7, 11) is 0. The number of fused-ring (bicyclic) bond motifs is 1. The fraction of sp³-hybridized carbons (Fsp3) is 0.240. The average Bonchev–Trinajstić information content (AvgIpc) is 2.79. The number of rotatable bonds is 6. The quantitative estimate of drug-likeness (QED) is 0.494. The van der Waals surface area contributed by atoms with Crippen LogP contribution in [0.5, 0.6) is 0 Å². The van der Waals surface area contributed by atoms with Crippen molar-refractivity contribution >= 4 is 22.8 Å². The minimum absolute atomic E-state index is 0.0562. The highest BCUT2D eigenvalue weighted by Crippen LogP contribution is 2.22. The summed E-state index contributed by atoms with van der Waals surface area (Å²) in [5.41, 5.74) is 3.74. The van der Waals surface area contributed by atoms with Crippen LogP contribution in [0.4, 0.5) is 5.69 Å². The summed E-state index contributed by atoms with van der Waals surface area (Å²) in [6, 6.07) is 13.6. The molecule has 0 fully saturated rings. The smallest absolute Gasteiger partial charge is 0.324 e. The molecule has 0 saturated heterocycles. The predicted octanol–water partition coefficient (Wildman–Crippen LogP) is 2.76. The van der Waals surface area contributed by atoms with Gasteiger partial charge in [0.2, 0.25) is 5.91 Å². The van der Waals surface area contributed by atoms with Crippen LogP contribution in [-0.2, 0) is 24.3 Å². The molecule has 0 aliphatic carbocycles. The molecular formula is C25H25N5O3. The molecule has 168 valence electrons. The van der Waals surface area contributed by atoms with Crippen molar-refractivity contribution in [3.05, 3.63) is 98.0 Å². The average molecular weight is 444 g/mol. The van der Waals surface area contributed by atoms with Gasteiger partial charge in [0.1, 0.15) is 6.54 Å². The number of benzene rings is 2. The van der Waals surface area contributed by atoms with E-state index in [2.05, 4.69) is 15.3 Å². The van der Waals surface area contributed by atoms with Crippen LogP contribution in [-0.4, -0.2) is 25.0 Å². The number of anilines is 1. The topological polar surface area (TPSA) is 98.9 Å². The first-order valence-corrected chi connectivity index (χ1v) is 10.7. The summed E-state index contributed by atoms with van der Waals surface area (Å²) < 4.78 is 2.34. The molecule has 8 nitrogen and oxygen atoms in total. The summed E-state index contributed by atoms with van der Waals surface area (Å²) in [4.78, 5) is 47.5. The van der Waals surface area contributed by atoms with Gasteiger partial charge >= 0.3 is 5.69 Å². The van der Waals surface area contributed by atoms with Crippen LogP contribution in [0.15, 0.2) is 64.4 Å². The molecule has 0 unspecified atom stereocenters. The number of nitrogens with zero attached hydrogens (tertiary/aromatic N) is 4. The summed E-state index contributed by atoms with van der Waals surface area (Å²) in [5.74, 6) is -0.382. The van der Waals surface area contributed by atoms with Gasteiger partial charge in [-0.25, -0.2) is 14.8 Å². The zero-order valence-corrected chi connectivity index (χ0v) is 18.8. The van der Waals surface area contributed by atoms with Crippen LogP contribution in [0.2, 0.25) is 0 Å². The molecule has 4 aromatic rings. The molecule has 2 heterocycles. The van der Waals surface area contributed by atoms with Crippen molar-refractivity contribution in [1.82, 2.24) is 19.1 Å². The Labute approximate surface area is 190 Å². The van der Waals surface area contributed by atoms with Crippen molar-refractivity contribution in [2.75, 3.05) is 5.32 Å². The number of carbonyl (C=O) groups excluding carboxylic acids is 1. The summed E-state index contributed by atoms with van der Waals surface area (Å²) in [6.45, 7) is 5.73. The fourth-order valence-electron chi connectivity index (χ4n) is 4.06. The van der Waals surface area contributed by atoms with Crippen LogP contribution in [0.1, 0.15) is 22.3 Å². The zero-order chi connectivity index (χ0) is 23.5. The number of aryl methyl sites for hydroxylation is 4. The van der Waals surface area contributed by atoms with Crippen LogP contribution in [0.25, 0.3) is 11.2 Å². The van der Waals surface area contributed by atoms with Gasteiger partial charge in [-0.3, -0.25) is 18.7 Å². The Balaban J connectivity index is 1.70. The summed E-state index contributed by atoms with van der Waals surface area (Å²) in [6.07, 6.45) is 3.30. The van der Waals surface area contributed by atoms with E-state index in [1.807, 2.05) is 63.2 Å². The van der Waals surface area contributed by atoms with Crippen LogP contribution < -0.4 is 16.6 Å². The van der Waals surface area contributed by atoms with Crippen molar-refractivity contribution in [2.45, 2.75) is 40.3 Å². The second kappa shape index (κ2) is 9.20. The van der Waals surface area contributed by atoms with Gasteiger partial charge in [-0.1, -0.05) is 48.0 Å². The summed E-state index contributed by atoms with van der Waals surface area (Å²) in [5, 5.41) is 2.90. The molecule has 0 atom stereocenters. The Bertz CT molecular complexity index is 1430. The van der Waals surface area contributed by atoms with Gasteiger partial charge in [-0.2, -0.15) is 0 Å². The van der Waals surface area contributed by atoms with E-state index in [0.29, 0.717) is 12.1 Å². The normalized spacial score (nSPS) is 11.0. The van der Waals surface area contributed by atoms with E-state index >= 15 is 0 Å². The van der Waals surface area contributed by atoms with Gasteiger partial charge in [0, 0.05) is 24.6 Å². The highest BCUT2D eigenvalue weighted by atomic mass is 16.2. The molecule has 0 aliphatic heterocycles. The van der Waals surface area contributed by atoms with Gasteiger partial charge in [0.05, 0.1) is 0 Å². The largest absolute Gasteiger partial charge is 0.333 e. The first kappa shape index (κ1) is 22.1. The SMILES string of the molecule is Cc1cc(C)c(NC(=O)Cn2c(=O)n(CCc3ccccc3)c(=O)c3nccnc32)c(C)c1. The van der Waals surface area contributed by atoms with E-state index in [1.165, 1.54) is 17.0 Å². The third kappa shape index (κ3) is 4.59. The maximum absolute atomic E-state index is 13.3. The molecule has 0 saturated carbocycles. The molecule has 0 spiro atoms. The lowest BCUT2D eigenvalue weighted by atomic mass is 10.1. The highest BCUT2D eigenvalue weighted by molar-refractivity contribution is 5.92. The Morgan fingerprint density at radius 2 is 1.61 bits per heavy atom. The molecule has 0 bridgehead atoms. The molecule has 8 heteroatoms. The number of amides is 1. The molecule has 0 radical (unpaired) electrons. The Morgan fingerprint density at radius 1 is 0.939 bits per heavy atom. The lowest BCUT2D eigenvalue weighted by Gasteiger charge is -2.15. The molecule has 2 aromatic carbocycles. The van der Waals surface area contributed by atoms with Gasteiger partial charge in [0.25, 0.3) is 5.56 Å². The van der Waals surface area contributed by atoms with Crippen LogP contribution in [0, 0.1) is 20.8 Å². The minimum Gasteiger partial charge on any atom is -0.324 e. The number of carbonyl (C=O) groups is 1. The number of nitrogens with one attached hydrogen (secondary N) is 1. The van der Waals surface area contributed by atoms with Crippen LogP contribution >= 0.6 is 0 Å². The molecular weight excluding hydrogens is 418 g/mol. The van der Waals surface area contributed by atoms with Crippen molar-refractivity contribution in [3.8, 4) is 0 Å². The van der Waals surface area contributed by atoms with E-state index in [4.69, 9.17) is 0 Å². The second-order valence-corrected chi connectivity index (χ2v) is 8.11. The highest BCUT2D eigenvalue weighted by Gasteiger charge is 2.18. The predicted molar refractivity (Wildman–Crippen MR) is 127 cm³/mol. The van der Waals surface area contributed by atoms with E-state index < -0.39 is 11.2 Å². The first-order chi connectivity index (χ1) is 15.8. The lowest BCUT2D eigenvalue weighted by Crippen LogP contribution is -2.42. The first-order valence-electron chi connectivity index (χ1n) is 10.7. The van der Waals surface area contributed by atoms with Gasteiger partial charge in [-0.15, -0.1) is 0 Å². The van der Waals surface area contributed by atoms with Crippen molar-refractivity contribution < 1.29 is 4.79 Å². The molecule has 2 aromatic heterocycles. The standard InChI is InChI=1S/C25H25N5O3/c1-16-13-17(2)21(18(3)14-16)28-20(31)15-30-23-22(26-10-11-27-23)24(32)29(25(30)33)12-9-19-7-5-4-6-8-19/h4-8,10-11,13-14H,9,12,15H2,1-3H3,(H,28,31). The molecule has 1 amide bonds. The fourth-order valence-corrected chi connectivity index (χ4v) is 4.06. The lowest BCUT2D eigenvalue weighted by molar-refractivity contribution is -0.116. The third-order valence-corrected chi connectivity index (χ3v) is 5.55. The van der Waals surface area contributed by atoms with Crippen molar-refractivity contribution in [2.24, 2.45) is 0 Å². The zero-order valence-electron chi connectivity index (χ0n) is 18.8. The monoisotopic (exact) mass is 443 g/mol. The molecule has 4 rings (SSSR count). The Morgan fingerprint density at radius 3 is 2.30 bits per heavy atom. The maximum Gasteiger partial charge on any atom is 0.333 e. The maximum atomic E-state index is 13.3. The van der Waals surface area contributed by atoms with Crippen molar-refractivity contribution in [1.29, 1.82) is 0 Å². The van der Waals surface area contributed by atoms with Gasteiger partial charge in [0.15, 0.2) is 11.2 Å². The minimum atomic E-state index is -0.587. The van der Waals surface area contributed by atoms with Gasteiger partial charge in [-0.05, 0) is 43.9 Å². The number of hydrogen-bond acceptors (Lipinski definition) is 5. The Hall–Kier alpha value is -4.07.